The molecule has 0 aliphatic heterocycles. The first-order valence-electron chi connectivity index (χ1n) is 8.18. The molecule has 0 N–H and O–H groups in total. The highest BCUT2D eigenvalue weighted by Crippen LogP contribution is 2.29. The Kier molecular flexibility index (Phi) is 5.42. The van der Waals surface area contributed by atoms with Crippen LogP contribution in [0.1, 0.15) is 33.0 Å². The van der Waals surface area contributed by atoms with Crippen LogP contribution in [0.3, 0.4) is 0 Å². The molecule has 5 nitrogen and oxygen atoms in total. The van der Waals surface area contributed by atoms with Crippen LogP contribution >= 0.6 is 11.6 Å². The number of esters is 1. The zero-order chi connectivity index (χ0) is 20.5. The predicted molar refractivity (Wildman–Crippen MR) is 96.4 cm³/mol. The Hall–Kier alpha value is -2.87. The maximum absolute atomic E-state index is 12.6. The first kappa shape index (κ1) is 19.9. The van der Waals surface area contributed by atoms with Crippen LogP contribution in [0.2, 0.25) is 5.02 Å². The topological polar surface area (TPSA) is 57.0 Å². The zero-order valence-corrected chi connectivity index (χ0v) is 15.7. The van der Waals surface area contributed by atoms with Gasteiger partial charge in [-0.1, -0.05) is 23.7 Å². The molecule has 0 amide bonds. The van der Waals surface area contributed by atoms with Gasteiger partial charge in [0, 0.05) is 5.69 Å². The molecule has 3 aromatic rings. The third-order valence-corrected chi connectivity index (χ3v) is 4.21. The summed E-state index contributed by atoms with van der Waals surface area (Å²) in [5, 5.41) is 4.40. The Morgan fingerprint density at radius 1 is 1.14 bits per heavy atom. The zero-order valence-electron chi connectivity index (χ0n) is 14.9. The molecule has 2 heterocycles. The minimum atomic E-state index is -4.42. The van der Waals surface area contributed by atoms with Crippen molar-refractivity contribution in [1.82, 2.24) is 14.8 Å². The van der Waals surface area contributed by atoms with Gasteiger partial charge in [0.2, 0.25) is 0 Å². The smallest absolute Gasteiger partial charge is 0.416 e. The van der Waals surface area contributed by atoms with E-state index in [1.165, 1.54) is 18.2 Å². The summed E-state index contributed by atoms with van der Waals surface area (Å²) in [6.07, 6.45) is -4.42. The van der Waals surface area contributed by atoms with Gasteiger partial charge in [-0.25, -0.2) is 14.5 Å². The van der Waals surface area contributed by atoms with E-state index in [9.17, 15) is 18.0 Å². The third kappa shape index (κ3) is 4.33. The van der Waals surface area contributed by atoms with Gasteiger partial charge in [-0.05, 0) is 49.7 Å². The molecule has 3 rings (SSSR count). The fourth-order valence-electron chi connectivity index (χ4n) is 2.56. The average Bonchev–Trinajstić information content (AvgIpc) is 2.98. The Morgan fingerprint density at radius 3 is 2.39 bits per heavy atom. The normalized spacial score (nSPS) is 11.5. The first-order valence-corrected chi connectivity index (χ1v) is 8.56. The number of aryl methyl sites for hydroxylation is 2. The van der Waals surface area contributed by atoms with Crippen LogP contribution in [0.4, 0.5) is 13.2 Å². The van der Waals surface area contributed by atoms with Crippen LogP contribution < -0.4 is 0 Å². The van der Waals surface area contributed by atoms with E-state index < -0.39 is 17.7 Å². The summed E-state index contributed by atoms with van der Waals surface area (Å²) in [5.41, 5.74) is 1.16. The third-order valence-electron chi connectivity index (χ3n) is 3.90. The number of halogens is 4. The fraction of sp³-hybridized carbons (Fsp3) is 0.211. The molecule has 0 spiro atoms. The van der Waals surface area contributed by atoms with Gasteiger partial charge in [-0.3, -0.25) is 0 Å². The standard InChI is InChI=1S/C19H15ClF3N3O2/c1-11-9-12(2)26(25-11)16-8-7-15(20)17(24-16)18(27)28-10-13-3-5-14(6-4-13)19(21,22)23/h3-9H,10H2,1-2H3. The van der Waals surface area contributed by atoms with Crippen LogP contribution in [0.15, 0.2) is 42.5 Å². The second-order valence-electron chi connectivity index (χ2n) is 6.11. The predicted octanol–water partition coefficient (Wildman–Crippen LogP) is 4.91. The highest BCUT2D eigenvalue weighted by Gasteiger charge is 2.30. The molecule has 0 aliphatic carbocycles. The summed E-state index contributed by atoms with van der Waals surface area (Å²) in [5.74, 6) is -0.384. The molecule has 0 unspecified atom stereocenters. The summed E-state index contributed by atoms with van der Waals surface area (Å²) in [7, 11) is 0. The lowest BCUT2D eigenvalue weighted by Crippen LogP contribution is -2.12. The summed E-state index contributed by atoms with van der Waals surface area (Å²) in [6.45, 7) is 3.47. The van der Waals surface area contributed by atoms with Crippen molar-refractivity contribution in [2.45, 2.75) is 26.6 Å². The second kappa shape index (κ2) is 7.63. The number of alkyl halides is 3. The highest BCUT2D eigenvalue weighted by molar-refractivity contribution is 6.33. The number of nitrogens with zero attached hydrogens (tertiary/aromatic N) is 3. The summed E-state index contributed by atoms with van der Waals surface area (Å²) < 4.78 is 44.5. The molecule has 0 aliphatic rings. The van der Waals surface area contributed by atoms with Crippen LogP contribution in [-0.2, 0) is 17.5 Å². The molecule has 0 saturated carbocycles. The number of carbonyl (C=O) groups is 1. The minimum absolute atomic E-state index is 0.0985. The molecule has 9 heteroatoms. The van der Waals surface area contributed by atoms with Gasteiger partial charge in [0.1, 0.15) is 6.61 Å². The van der Waals surface area contributed by atoms with Gasteiger partial charge in [0.25, 0.3) is 0 Å². The van der Waals surface area contributed by atoms with E-state index in [1.54, 1.807) is 10.7 Å². The van der Waals surface area contributed by atoms with Crippen molar-refractivity contribution in [3.63, 3.8) is 0 Å². The Morgan fingerprint density at radius 2 is 1.82 bits per heavy atom. The number of aromatic nitrogens is 3. The van der Waals surface area contributed by atoms with Crippen molar-refractivity contribution in [2.75, 3.05) is 0 Å². The van der Waals surface area contributed by atoms with Crippen molar-refractivity contribution in [1.29, 1.82) is 0 Å². The maximum Gasteiger partial charge on any atom is 0.416 e. The molecule has 0 bridgehead atoms. The first-order chi connectivity index (χ1) is 13.1. The number of rotatable bonds is 4. The lowest BCUT2D eigenvalue weighted by Gasteiger charge is -2.10. The SMILES string of the molecule is Cc1cc(C)n(-c2ccc(Cl)c(C(=O)OCc3ccc(C(F)(F)F)cc3)n2)n1. The minimum Gasteiger partial charge on any atom is -0.456 e. The molecular formula is C19H15ClF3N3O2. The monoisotopic (exact) mass is 409 g/mol. The van der Waals surface area contributed by atoms with Crippen molar-refractivity contribution in [3.05, 3.63) is 75.7 Å². The second-order valence-corrected chi connectivity index (χ2v) is 6.52. The van der Waals surface area contributed by atoms with Crippen LogP contribution in [0.25, 0.3) is 5.82 Å². The number of carbonyl (C=O) groups excluding carboxylic acids is 1. The maximum atomic E-state index is 12.6. The lowest BCUT2D eigenvalue weighted by atomic mass is 10.1. The molecule has 0 atom stereocenters. The Bertz CT molecular complexity index is 1010. The van der Waals surface area contributed by atoms with Gasteiger partial charge in [-0.2, -0.15) is 18.3 Å². The van der Waals surface area contributed by atoms with Gasteiger partial charge < -0.3 is 4.74 Å². The van der Waals surface area contributed by atoms with E-state index >= 15 is 0 Å². The van der Waals surface area contributed by atoms with E-state index in [0.717, 1.165) is 23.5 Å². The highest BCUT2D eigenvalue weighted by atomic mass is 35.5. The summed E-state index contributed by atoms with van der Waals surface area (Å²) >= 11 is 6.06. The van der Waals surface area contributed by atoms with Crippen LogP contribution in [0, 0.1) is 13.8 Å². The fourth-order valence-corrected chi connectivity index (χ4v) is 2.74. The van der Waals surface area contributed by atoms with Gasteiger partial charge in [-0.15, -0.1) is 0 Å². The molecule has 146 valence electrons. The van der Waals surface area contributed by atoms with Crippen LogP contribution in [-0.4, -0.2) is 20.7 Å². The van der Waals surface area contributed by atoms with E-state index in [2.05, 4.69) is 10.1 Å². The molecule has 0 radical (unpaired) electrons. The van der Waals surface area contributed by atoms with E-state index in [0.29, 0.717) is 11.4 Å². The Balaban J connectivity index is 1.75. The number of benzene rings is 1. The summed E-state index contributed by atoms with van der Waals surface area (Å²) in [4.78, 5) is 16.6. The van der Waals surface area contributed by atoms with E-state index in [4.69, 9.17) is 16.3 Å². The molecule has 0 fully saturated rings. The van der Waals surface area contributed by atoms with Crippen molar-refractivity contribution < 1.29 is 22.7 Å². The lowest BCUT2D eigenvalue weighted by molar-refractivity contribution is -0.137. The van der Waals surface area contributed by atoms with E-state index in [-0.39, 0.29) is 17.3 Å². The number of ether oxygens (including phenoxy) is 1. The van der Waals surface area contributed by atoms with Crippen molar-refractivity contribution in [3.8, 4) is 5.82 Å². The van der Waals surface area contributed by atoms with Crippen LogP contribution in [0.5, 0.6) is 0 Å². The van der Waals surface area contributed by atoms with Crippen molar-refractivity contribution >= 4 is 17.6 Å². The number of hydrogen-bond donors (Lipinski definition) is 0. The van der Waals surface area contributed by atoms with Gasteiger partial charge in [0.05, 0.1) is 16.3 Å². The largest absolute Gasteiger partial charge is 0.456 e. The summed E-state index contributed by atoms with van der Waals surface area (Å²) in [6, 6.07) is 9.34. The number of hydrogen-bond acceptors (Lipinski definition) is 4. The van der Waals surface area contributed by atoms with Crippen molar-refractivity contribution in [2.24, 2.45) is 0 Å². The average molecular weight is 410 g/mol. The number of pyridine rings is 1. The molecule has 28 heavy (non-hydrogen) atoms. The molecule has 1 aromatic carbocycles. The van der Waals surface area contributed by atoms with Gasteiger partial charge >= 0.3 is 12.1 Å². The quantitative estimate of drug-likeness (QED) is 0.574. The molecule has 0 saturated heterocycles. The Labute approximate surface area is 163 Å². The molecular weight excluding hydrogens is 395 g/mol. The van der Waals surface area contributed by atoms with E-state index in [1.807, 2.05) is 19.9 Å². The van der Waals surface area contributed by atoms with Gasteiger partial charge in [0.15, 0.2) is 11.5 Å². The molecule has 2 aromatic heterocycles.